The fourth-order valence-corrected chi connectivity index (χ4v) is 1.35. The number of oxazole rings is 1. The number of hydrogen-bond acceptors (Lipinski definition) is 3. The van der Waals surface area contributed by atoms with Crippen LogP contribution in [-0.4, -0.2) is 4.98 Å². The lowest BCUT2D eigenvalue weighted by molar-refractivity contribution is 0.403. The molecule has 0 fully saturated rings. The summed E-state index contributed by atoms with van der Waals surface area (Å²) in [5.74, 6) is 0.383. The number of aromatic nitrogens is 1. The van der Waals surface area contributed by atoms with Crippen LogP contribution >= 0.6 is 0 Å². The number of benzene rings is 1. The van der Waals surface area contributed by atoms with Gasteiger partial charge >= 0.3 is 0 Å². The van der Waals surface area contributed by atoms with E-state index in [0.29, 0.717) is 17.0 Å². The van der Waals surface area contributed by atoms with Crippen LogP contribution in [0.25, 0.3) is 11.1 Å². The SMILES string of the molecule is CC(C)C(N)c1nc2cc(F)ccc2o1. The van der Waals surface area contributed by atoms with Crippen LogP contribution in [0.2, 0.25) is 0 Å². The summed E-state index contributed by atoms with van der Waals surface area (Å²) in [5, 5.41) is 0. The minimum absolute atomic E-state index is 0.239. The quantitative estimate of drug-likeness (QED) is 0.825. The molecule has 1 atom stereocenters. The Morgan fingerprint density at radius 1 is 1.40 bits per heavy atom. The standard InChI is InChI=1S/C11H13FN2O/c1-6(2)10(13)11-14-8-5-7(12)3-4-9(8)15-11/h3-6,10H,13H2,1-2H3. The van der Waals surface area contributed by atoms with Gasteiger partial charge in [-0.1, -0.05) is 13.8 Å². The Balaban J connectivity index is 2.47. The predicted molar refractivity (Wildman–Crippen MR) is 55.7 cm³/mol. The van der Waals surface area contributed by atoms with E-state index in [0.717, 1.165) is 0 Å². The molecule has 0 amide bonds. The monoisotopic (exact) mass is 208 g/mol. The average molecular weight is 208 g/mol. The van der Waals surface area contributed by atoms with Crippen molar-refractivity contribution in [2.75, 3.05) is 0 Å². The van der Waals surface area contributed by atoms with Crippen molar-refractivity contribution in [2.45, 2.75) is 19.9 Å². The smallest absolute Gasteiger partial charge is 0.212 e. The number of nitrogens with two attached hydrogens (primary N) is 1. The Kier molecular flexibility index (Phi) is 2.44. The Labute approximate surface area is 87.1 Å². The second kappa shape index (κ2) is 3.62. The van der Waals surface area contributed by atoms with E-state index >= 15 is 0 Å². The van der Waals surface area contributed by atoms with E-state index in [1.807, 2.05) is 13.8 Å². The van der Waals surface area contributed by atoms with Gasteiger partial charge in [0.05, 0.1) is 6.04 Å². The normalized spacial score (nSPS) is 13.7. The molecule has 0 aliphatic rings. The highest BCUT2D eigenvalue weighted by atomic mass is 19.1. The maximum atomic E-state index is 12.9. The molecule has 0 saturated carbocycles. The summed E-state index contributed by atoms with van der Waals surface area (Å²) in [4.78, 5) is 4.16. The molecule has 0 saturated heterocycles. The minimum atomic E-state index is -0.319. The molecule has 1 unspecified atom stereocenters. The summed E-state index contributed by atoms with van der Waals surface area (Å²) >= 11 is 0. The van der Waals surface area contributed by atoms with Gasteiger partial charge in [0, 0.05) is 6.07 Å². The van der Waals surface area contributed by atoms with Crippen molar-refractivity contribution >= 4 is 11.1 Å². The van der Waals surface area contributed by atoms with E-state index in [-0.39, 0.29) is 17.8 Å². The van der Waals surface area contributed by atoms with Crippen molar-refractivity contribution in [1.82, 2.24) is 4.98 Å². The van der Waals surface area contributed by atoms with E-state index in [9.17, 15) is 4.39 Å². The van der Waals surface area contributed by atoms with Gasteiger partial charge in [-0.05, 0) is 18.1 Å². The highest BCUT2D eigenvalue weighted by Gasteiger charge is 2.17. The summed E-state index contributed by atoms with van der Waals surface area (Å²) in [7, 11) is 0. The molecule has 1 aromatic carbocycles. The lowest BCUT2D eigenvalue weighted by Crippen LogP contribution is -2.16. The van der Waals surface area contributed by atoms with E-state index in [4.69, 9.17) is 10.2 Å². The highest BCUT2D eigenvalue weighted by molar-refractivity contribution is 5.72. The molecule has 2 aromatic rings. The summed E-state index contributed by atoms with van der Waals surface area (Å²) in [6, 6.07) is 4.00. The largest absolute Gasteiger partial charge is 0.439 e. The summed E-state index contributed by atoms with van der Waals surface area (Å²) in [5.41, 5.74) is 6.98. The Morgan fingerprint density at radius 2 is 2.13 bits per heavy atom. The molecule has 1 heterocycles. The number of halogens is 1. The Morgan fingerprint density at radius 3 is 2.80 bits per heavy atom. The molecular formula is C11H13FN2O. The highest BCUT2D eigenvalue weighted by Crippen LogP contribution is 2.23. The fourth-order valence-electron chi connectivity index (χ4n) is 1.35. The summed E-state index contributed by atoms with van der Waals surface area (Å²) in [6.07, 6.45) is 0. The zero-order valence-corrected chi connectivity index (χ0v) is 8.70. The van der Waals surface area contributed by atoms with E-state index in [1.165, 1.54) is 12.1 Å². The molecule has 0 radical (unpaired) electrons. The summed E-state index contributed by atoms with van der Waals surface area (Å²) in [6.45, 7) is 3.97. The first-order chi connectivity index (χ1) is 7.08. The average Bonchev–Trinajstić information content (AvgIpc) is 2.58. The van der Waals surface area contributed by atoms with Gasteiger partial charge in [-0.25, -0.2) is 9.37 Å². The lowest BCUT2D eigenvalue weighted by Gasteiger charge is -2.10. The van der Waals surface area contributed by atoms with Crippen molar-refractivity contribution in [1.29, 1.82) is 0 Å². The van der Waals surface area contributed by atoms with Gasteiger partial charge in [-0.3, -0.25) is 0 Å². The van der Waals surface area contributed by atoms with Gasteiger partial charge in [-0.2, -0.15) is 0 Å². The molecule has 0 aliphatic carbocycles. The van der Waals surface area contributed by atoms with Crippen LogP contribution in [0.15, 0.2) is 22.6 Å². The van der Waals surface area contributed by atoms with Crippen molar-refractivity contribution in [2.24, 2.45) is 11.7 Å². The molecule has 15 heavy (non-hydrogen) atoms. The topological polar surface area (TPSA) is 52.0 Å². The first-order valence-corrected chi connectivity index (χ1v) is 4.89. The van der Waals surface area contributed by atoms with Crippen molar-refractivity contribution < 1.29 is 8.81 Å². The second-order valence-electron chi connectivity index (χ2n) is 3.93. The van der Waals surface area contributed by atoms with Crippen LogP contribution in [0.5, 0.6) is 0 Å². The molecule has 0 bridgehead atoms. The number of nitrogens with zero attached hydrogens (tertiary/aromatic N) is 1. The second-order valence-corrected chi connectivity index (χ2v) is 3.93. The van der Waals surface area contributed by atoms with Gasteiger partial charge in [0.1, 0.15) is 11.3 Å². The molecule has 1 aromatic heterocycles. The van der Waals surface area contributed by atoms with Gasteiger partial charge in [0.15, 0.2) is 5.58 Å². The molecule has 4 heteroatoms. The first-order valence-electron chi connectivity index (χ1n) is 4.89. The zero-order valence-electron chi connectivity index (χ0n) is 8.70. The number of hydrogen-bond donors (Lipinski definition) is 1. The molecular weight excluding hydrogens is 195 g/mol. The fraction of sp³-hybridized carbons (Fsp3) is 0.364. The van der Waals surface area contributed by atoms with Crippen molar-refractivity contribution in [3.63, 3.8) is 0 Å². The van der Waals surface area contributed by atoms with Crippen LogP contribution in [0, 0.1) is 11.7 Å². The van der Waals surface area contributed by atoms with E-state index < -0.39 is 0 Å². The third-order valence-electron chi connectivity index (χ3n) is 2.37. The minimum Gasteiger partial charge on any atom is -0.439 e. The maximum Gasteiger partial charge on any atom is 0.212 e. The zero-order chi connectivity index (χ0) is 11.0. The van der Waals surface area contributed by atoms with Gasteiger partial charge in [-0.15, -0.1) is 0 Å². The molecule has 2 rings (SSSR count). The molecule has 2 N–H and O–H groups in total. The van der Waals surface area contributed by atoms with Gasteiger partial charge in [0.2, 0.25) is 5.89 Å². The van der Waals surface area contributed by atoms with Gasteiger partial charge < -0.3 is 10.2 Å². The molecule has 3 nitrogen and oxygen atoms in total. The molecule has 0 spiro atoms. The van der Waals surface area contributed by atoms with Crippen LogP contribution in [0.3, 0.4) is 0 Å². The third-order valence-corrected chi connectivity index (χ3v) is 2.37. The van der Waals surface area contributed by atoms with Crippen molar-refractivity contribution in [3.8, 4) is 0 Å². The van der Waals surface area contributed by atoms with E-state index in [1.54, 1.807) is 6.07 Å². The number of rotatable bonds is 2. The van der Waals surface area contributed by atoms with Gasteiger partial charge in [0.25, 0.3) is 0 Å². The number of fused-ring (bicyclic) bond motifs is 1. The van der Waals surface area contributed by atoms with Crippen LogP contribution in [0.1, 0.15) is 25.8 Å². The Hall–Kier alpha value is -1.42. The third kappa shape index (κ3) is 1.85. The van der Waals surface area contributed by atoms with Crippen molar-refractivity contribution in [3.05, 3.63) is 29.9 Å². The van der Waals surface area contributed by atoms with Crippen LogP contribution < -0.4 is 5.73 Å². The molecule has 80 valence electrons. The predicted octanol–water partition coefficient (Wildman–Crippen LogP) is 2.62. The molecule has 0 aliphatic heterocycles. The van der Waals surface area contributed by atoms with Crippen LogP contribution in [0.4, 0.5) is 4.39 Å². The Bertz CT molecular complexity index is 478. The lowest BCUT2D eigenvalue weighted by atomic mass is 10.1. The maximum absolute atomic E-state index is 12.9. The first kappa shape index (κ1) is 10.1. The summed E-state index contributed by atoms with van der Waals surface area (Å²) < 4.78 is 18.3. The van der Waals surface area contributed by atoms with E-state index in [2.05, 4.69) is 4.98 Å². The van der Waals surface area contributed by atoms with Crippen LogP contribution in [-0.2, 0) is 0 Å².